The molecule has 2 rings (SSSR count). The molecule has 1 heterocycles. The smallest absolute Gasteiger partial charge is 0.257 e. The quantitative estimate of drug-likeness (QED) is 0.587. The third-order valence-corrected chi connectivity index (χ3v) is 5.18. The van der Waals surface area contributed by atoms with Crippen LogP contribution >= 0.6 is 12.4 Å². The highest BCUT2D eigenvalue weighted by Crippen LogP contribution is 2.28. The second-order valence-corrected chi connectivity index (χ2v) is 7.69. The van der Waals surface area contributed by atoms with Gasteiger partial charge in [-0.2, -0.15) is 0 Å². The van der Waals surface area contributed by atoms with Crippen molar-refractivity contribution in [1.29, 1.82) is 0 Å². The lowest BCUT2D eigenvalue weighted by Crippen LogP contribution is -2.54. The molecule has 0 radical (unpaired) electrons. The molecule has 0 spiro atoms. The summed E-state index contributed by atoms with van der Waals surface area (Å²) in [4.78, 5) is 25.1. The number of methoxy groups -OCH3 is 1. The molecule has 1 aromatic rings. The third kappa shape index (κ3) is 6.62. The molecule has 1 fully saturated rings. The van der Waals surface area contributed by atoms with Crippen LogP contribution in [0.15, 0.2) is 18.2 Å². The van der Waals surface area contributed by atoms with Crippen molar-refractivity contribution < 1.29 is 23.1 Å². The maximum Gasteiger partial charge on any atom is 0.257 e. The van der Waals surface area contributed by atoms with Crippen LogP contribution in [0.2, 0.25) is 0 Å². The molecule has 0 aliphatic carbocycles. The van der Waals surface area contributed by atoms with E-state index in [4.69, 9.17) is 4.74 Å². The molecule has 9 heteroatoms. The first-order chi connectivity index (χ1) is 13.3. The van der Waals surface area contributed by atoms with Crippen LogP contribution in [-0.4, -0.2) is 51.2 Å². The van der Waals surface area contributed by atoms with Gasteiger partial charge in [-0.15, -0.1) is 12.4 Å². The lowest BCUT2D eigenvalue weighted by Gasteiger charge is -2.37. The Hall–Kier alpha value is -1.77. The number of benzene rings is 1. The summed E-state index contributed by atoms with van der Waals surface area (Å²) in [5, 5.41) is 8.65. The molecule has 1 aliphatic heterocycles. The van der Waals surface area contributed by atoms with Gasteiger partial charge in [0.25, 0.3) is 5.91 Å². The summed E-state index contributed by atoms with van der Waals surface area (Å²) in [6.07, 6.45) is 1.72. The third-order valence-electron chi connectivity index (χ3n) is 5.18. The predicted molar refractivity (Wildman–Crippen MR) is 109 cm³/mol. The Labute approximate surface area is 176 Å². The fourth-order valence-electron chi connectivity index (χ4n) is 3.48. The number of hydrogen-bond donors (Lipinski definition) is 3. The van der Waals surface area contributed by atoms with E-state index in [0.717, 1.165) is 38.1 Å². The molecule has 6 nitrogen and oxygen atoms in total. The van der Waals surface area contributed by atoms with E-state index < -0.39 is 29.1 Å². The monoisotopic (exact) mass is 433 g/mol. The number of piperidine rings is 1. The van der Waals surface area contributed by atoms with Crippen LogP contribution < -0.4 is 16.0 Å². The summed E-state index contributed by atoms with van der Waals surface area (Å²) in [6, 6.07) is 2.29. The van der Waals surface area contributed by atoms with Crippen molar-refractivity contribution in [3.05, 3.63) is 35.4 Å². The summed E-state index contributed by atoms with van der Waals surface area (Å²) in [5.74, 6) is -3.51. The minimum absolute atomic E-state index is 0. The zero-order chi connectivity index (χ0) is 20.7. The van der Waals surface area contributed by atoms with Gasteiger partial charge in [0, 0.05) is 19.1 Å². The molecule has 0 saturated carbocycles. The van der Waals surface area contributed by atoms with Crippen LogP contribution in [0, 0.1) is 23.0 Å². The van der Waals surface area contributed by atoms with Crippen molar-refractivity contribution in [1.82, 2.24) is 16.0 Å². The van der Waals surface area contributed by atoms with E-state index in [0.29, 0.717) is 13.2 Å². The maximum atomic E-state index is 13.9. The molecule has 164 valence electrons. The molecule has 0 aromatic heterocycles. The number of carbonyl (C=O) groups is 2. The largest absolute Gasteiger partial charge is 0.384 e. The summed E-state index contributed by atoms with van der Waals surface area (Å²) >= 11 is 0. The van der Waals surface area contributed by atoms with Gasteiger partial charge in [0.15, 0.2) is 0 Å². The van der Waals surface area contributed by atoms with E-state index in [9.17, 15) is 18.4 Å². The van der Waals surface area contributed by atoms with Crippen molar-refractivity contribution in [2.45, 2.75) is 32.7 Å². The number of nitrogens with one attached hydrogen (secondary N) is 3. The van der Waals surface area contributed by atoms with Crippen molar-refractivity contribution in [2.24, 2.45) is 11.3 Å². The van der Waals surface area contributed by atoms with Gasteiger partial charge in [-0.05, 0) is 44.0 Å². The van der Waals surface area contributed by atoms with Gasteiger partial charge in [0.05, 0.1) is 6.61 Å². The standard InChI is InChI=1S/C20H29F2N3O3.ClH/c1-13(2)17(25-18(26)16-14(21)5-4-6-15(16)22)19(27)24-11-20(12-28-3)7-9-23-10-8-20;/h4-6,13,17,23H,7-12H2,1-3H3,(H,24,27)(H,25,26);1H. The molecular formula is C20H30ClF2N3O3. The zero-order valence-corrected chi connectivity index (χ0v) is 17.8. The Balaban J connectivity index is 0.00000420. The highest BCUT2D eigenvalue weighted by atomic mass is 35.5. The van der Waals surface area contributed by atoms with Gasteiger partial charge in [-0.3, -0.25) is 9.59 Å². The molecule has 0 bridgehead atoms. The second kappa shape index (κ2) is 11.4. The molecule has 1 aromatic carbocycles. The average molecular weight is 434 g/mol. The molecule has 29 heavy (non-hydrogen) atoms. The van der Waals surface area contributed by atoms with Gasteiger partial charge in [-0.25, -0.2) is 8.78 Å². The summed E-state index contributed by atoms with van der Waals surface area (Å²) in [7, 11) is 1.63. The lowest BCUT2D eigenvalue weighted by molar-refractivity contribution is -0.124. The Bertz CT molecular complexity index is 672. The zero-order valence-electron chi connectivity index (χ0n) is 17.0. The average Bonchev–Trinajstić information content (AvgIpc) is 2.65. The first kappa shape index (κ1) is 25.3. The fraction of sp³-hybridized carbons (Fsp3) is 0.600. The van der Waals surface area contributed by atoms with E-state index in [1.54, 1.807) is 21.0 Å². The molecule has 1 aliphatic rings. The number of hydrogen-bond acceptors (Lipinski definition) is 4. The number of amides is 2. The Morgan fingerprint density at radius 2 is 1.79 bits per heavy atom. The van der Waals surface area contributed by atoms with Gasteiger partial charge in [0.1, 0.15) is 23.2 Å². The van der Waals surface area contributed by atoms with Crippen LogP contribution in [0.3, 0.4) is 0 Å². The van der Waals surface area contributed by atoms with Gasteiger partial charge >= 0.3 is 0 Å². The lowest BCUT2D eigenvalue weighted by atomic mass is 9.79. The first-order valence-corrected chi connectivity index (χ1v) is 9.52. The summed E-state index contributed by atoms with van der Waals surface area (Å²) in [6.45, 7) is 6.14. The Morgan fingerprint density at radius 3 is 2.31 bits per heavy atom. The van der Waals surface area contributed by atoms with E-state index >= 15 is 0 Å². The Kier molecular flexibility index (Phi) is 9.95. The summed E-state index contributed by atoms with van der Waals surface area (Å²) < 4.78 is 33.1. The van der Waals surface area contributed by atoms with E-state index in [1.165, 1.54) is 6.07 Å². The SMILES string of the molecule is COCC1(CNC(=O)C(NC(=O)c2c(F)cccc2F)C(C)C)CCNCC1.Cl. The number of halogens is 3. The van der Waals surface area contributed by atoms with E-state index in [2.05, 4.69) is 16.0 Å². The highest BCUT2D eigenvalue weighted by molar-refractivity contribution is 5.98. The van der Waals surface area contributed by atoms with Crippen LogP contribution in [0.4, 0.5) is 8.78 Å². The number of carbonyl (C=O) groups excluding carboxylic acids is 2. The van der Waals surface area contributed by atoms with Gasteiger partial charge < -0.3 is 20.7 Å². The molecule has 3 N–H and O–H groups in total. The second-order valence-electron chi connectivity index (χ2n) is 7.69. The molecule has 1 unspecified atom stereocenters. The fourth-order valence-corrected chi connectivity index (χ4v) is 3.48. The minimum Gasteiger partial charge on any atom is -0.384 e. The Morgan fingerprint density at radius 1 is 1.21 bits per heavy atom. The van der Waals surface area contributed by atoms with E-state index in [-0.39, 0.29) is 29.6 Å². The normalized spacial score (nSPS) is 16.6. The van der Waals surface area contributed by atoms with Gasteiger partial charge in [0.2, 0.25) is 5.91 Å². The molecule has 2 amide bonds. The summed E-state index contributed by atoms with van der Waals surface area (Å²) in [5.41, 5.74) is -0.853. The molecule has 1 saturated heterocycles. The number of ether oxygens (including phenoxy) is 1. The molecular weight excluding hydrogens is 404 g/mol. The minimum atomic E-state index is -0.964. The van der Waals surface area contributed by atoms with Crippen LogP contribution in [0.25, 0.3) is 0 Å². The topological polar surface area (TPSA) is 79.5 Å². The van der Waals surface area contributed by atoms with Crippen LogP contribution in [0.1, 0.15) is 37.0 Å². The number of rotatable bonds is 8. The predicted octanol–water partition coefficient (Wildman–Crippen LogP) is 2.27. The highest BCUT2D eigenvalue weighted by Gasteiger charge is 2.34. The van der Waals surface area contributed by atoms with Gasteiger partial charge in [-0.1, -0.05) is 19.9 Å². The van der Waals surface area contributed by atoms with Crippen molar-refractivity contribution >= 4 is 24.2 Å². The van der Waals surface area contributed by atoms with E-state index in [1.807, 2.05) is 0 Å². The van der Waals surface area contributed by atoms with Crippen molar-refractivity contribution in [3.63, 3.8) is 0 Å². The molecule has 1 atom stereocenters. The first-order valence-electron chi connectivity index (χ1n) is 9.52. The maximum absolute atomic E-state index is 13.9. The van der Waals surface area contributed by atoms with Crippen molar-refractivity contribution in [3.8, 4) is 0 Å². The van der Waals surface area contributed by atoms with Crippen LogP contribution in [0.5, 0.6) is 0 Å². The van der Waals surface area contributed by atoms with Crippen molar-refractivity contribution in [2.75, 3.05) is 33.4 Å². The van der Waals surface area contributed by atoms with Crippen LogP contribution in [-0.2, 0) is 9.53 Å².